The topological polar surface area (TPSA) is 107 Å². The molecule has 3 N–H and O–H groups in total. The van der Waals surface area contributed by atoms with Crippen LogP contribution in [-0.4, -0.2) is 56.6 Å². The molecule has 3 unspecified atom stereocenters. The summed E-state index contributed by atoms with van der Waals surface area (Å²) in [7, 11) is 3.69. The lowest BCUT2D eigenvalue weighted by molar-refractivity contribution is -0.116. The molecule has 2 saturated carbocycles. The molecule has 3 atom stereocenters. The molecule has 2 aliphatic heterocycles. The second-order valence-corrected chi connectivity index (χ2v) is 13.7. The Morgan fingerprint density at radius 2 is 1.93 bits per heavy atom. The standard InChI is InChI=1S/C37H38N6O3/c1-41-35-28(14-24(17-32(35)46-2)37(45)43-19-23-10-12-29(43)34(23)38)40-36(41)31-16-22-9-8-21(15-30(22)42(31)18-20-6-7-20)25-4-3-5-27-26(25)11-13-33(44)39-27/h3-5,8-9,14-17,20,23,29,34H,6-7,10-13,18-19,38H2,1-2H3,(H,39,44). The van der Waals surface area contributed by atoms with E-state index in [4.69, 9.17) is 15.5 Å². The van der Waals surface area contributed by atoms with Crippen LogP contribution >= 0.6 is 0 Å². The number of ether oxygens (including phenoxy) is 1. The number of amides is 2. The van der Waals surface area contributed by atoms with Gasteiger partial charge in [-0.3, -0.25) is 9.59 Å². The number of nitrogens with one attached hydrogen (secondary N) is 1. The molecule has 2 aromatic heterocycles. The lowest BCUT2D eigenvalue weighted by Crippen LogP contribution is -2.41. The van der Waals surface area contributed by atoms with Crippen molar-refractivity contribution in [2.45, 2.75) is 57.2 Å². The van der Waals surface area contributed by atoms with E-state index in [9.17, 15) is 9.59 Å². The first-order chi connectivity index (χ1) is 22.4. The van der Waals surface area contributed by atoms with Gasteiger partial charge in [0.2, 0.25) is 5.91 Å². The van der Waals surface area contributed by atoms with Crippen molar-refractivity contribution < 1.29 is 14.3 Å². The molecule has 2 bridgehead atoms. The number of nitrogens with two attached hydrogens (primary N) is 1. The number of hydrogen-bond acceptors (Lipinski definition) is 5. The Kier molecular flexibility index (Phi) is 6.13. The van der Waals surface area contributed by atoms with Crippen LogP contribution in [-0.2, 0) is 24.8 Å². The number of likely N-dealkylation sites (tertiary alicyclic amines) is 1. The van der Waals surface area contributed by atoms with Gasteiger partial charge in [-0.1, -0.05) is 24.3 Å². The Labute approximate surface area is 267 Å². The van der Waals surface area contributed by atoms with Crippen molar-refractivity contribution in [1.82, 2.24) is 19.0 Å². The van der Waals surface area contributed by atoms with Crippen LogP contribution in [0.2, 0.25) is 0 Å². The van der Waals surface area contributed by atoms with E-state index in [1.54, 1.807) is 7.11 Å². The molecular formula is C37H38N6O3. The number of methoxy groups -OCH3 is 1. The van der Waals surface area contributed by atoms with Gasteiger partial charge in [0.1, 0.15) is 11.3 Å². The molecule has 3 aromatic carbocycles. The van der Waals surface area contributed by atoms with Gasteiger partial charge in [-0.15, -0.1) is 0 Å². The van der Waals surface area contributed by atoms with Crippen LogP contribution in [0.3, 0.4) is 0 Å². The van der Waals surface area contributed by atoms with Crippen LogP contribution in [0.1, 0.15) is 48.0 Å². The molecule has 5 aromatic rings. The smallest absolute Gasteiger partial charge is 0.254 e. The number of imidazole rings is 1. The highest BCUT2D eigenvalue weighted by atomic mass is 16.5. The Bertz CT molecular complexity index is 2090. The van der Waals surface area contributed by atoms with Crippen molar-refractivity contribution in [3.8, 4) is 28.4 Å². The third-order valence-electron chi connectivity index (χ3n) is 10.9. The minimum absolute atomic E-state index is 0.00750. The number of anilines is 1. The summed E-state index contributed by atoms with van der Waals surface area (Å²) in [6, 6.07) is 19.1. The zero-order chi connectivity index (χ0) is 31.3. The van der Waals surface area contributed by atoms with E-state index in [0.717, 1.165) is 77.1 Å². The fourth-order valence-corrected chi connectivity index (χ4v) is 8.32. The third-order valence-corrected chi connectivity index (χ3v) is 10.9. The molecule has 234 valence electrons. The maximum absolute atomic E-state index is 13.8. The average molecular weight is 615 g/mol. The molecule has 9 nitrogen and oxygen atoms in total. The van der Waals surface area contributed by atoms with E-state index >= 15 is 0 Å². The quantitative estimate of drug-likeness (QED) is 0.254. The third kappa shape index (κ3) is 4.21. The van der Waals surface area contributed by atoms with Gasteiger partial charge in [-0.05, 0) is 91.0 Å². The number of fused-ring (bicyclic) bond motifs is 5. The van der Waals surface area contributed by atoms with Crippen molar-refractivity contribution in [2.75, 3.05) is 19.0 Å². The summed E-state index contributed by atoms with van der Waals surface area (Å²) in [4.78, 5) is 33.0. The van der Waals surface area contributed by atoms with Crippen molar-refractivity contribution >= 4 is 39.4 Å². The summed E-state index contributed by atoms with van der Waals surface area (Å²) in [5.41, 5.74) is 15.3. The van der Waals surface area contributed by atoms with Gasteiger partial charge >= 0.3 is 0 Å². The summed E-state index contributed by atoms with van der Waals surface area (Å²) in [5.74, 6) is 2.61. The summed E-state index contributed by atoms with van der Waals surface area (Å²) in [6.07, 6.45) is 5.78. The Balaban J connectivity index is 1.15. The maximum Gasteiger partial charge on any atom is 0.254 e. The molecule has 3 fully saturated rings. The summed E-state index contributed by atoms with van der Waals surface area (Å²) < 4.78 is 10.4. The second-order valence-electron chi connectivity index (χ2n) is 13.7. The van der Waals surface area contributed by atoms with Gasteiger partial charge in [-0.2, -0.15) is 0 Å². The molecular weight excluding hydrogens is 576 g/mol. The highest BCUT2D eigenvalue weighted by molar-refractivity contribution is 6.01. The number of aryl methyl sites for hydroxylation is 1. The first kappa shape index (κ1) is 27.7. The van der Waals surface area contributed by atoms with Gasteiger partial charge in [0.15, 0.2) is 5.82 Å². The number of nitrogens with zero attached hydrogens (tertiary/aromatic N) is 4. The van der Waals surface area contributed by atoms with E-state index in [2.05, 4.69) is 44.8 Å². The van der Waals surface area contributed by atoms with Gasteiger partial charge < -0.3 is 29.8 Å². The van der Waals surface area contributed by atoms with E-state index in [-0.39, 0.29) is 23.9 Å². The van der Waals surface area contributed by atoms with E-state index in [1.165, 1.54) is 23.9 Å². The number of aromatic nitrogens is 3. The summed E-state index contributed by atoms with van der Waals surface area (Å²) in [5, 5.41) is 4.21. The van der Waals surface area contributed by atoms with Gasteiger partial charge in [-0.25, -0.2) is 4.98 Å². The number of piperidine rings is 1. The predicted molar refractivity (Wildman–Crippen MR) is 179 cm³/mol. The van der Waals surface area contributed by atoms with Crippen LogP contribution < -0.4 is 15.8 Å². The molecule has 4 heterocycles. The number of rotatable bonds is 6. The highest BCUT2D eigenvalue weighted by Gasteiger charge is 2.47. The molecule has 0 spiro atoms. The van der Waals surface area contributed by atoms with Gasteiger partial charge in [0, 0.05) is 60.8 Å². The number of benzene rings is 3. The van der Waals surface area contributed by atoms with Gasteiger partial charge in [0.05, 0.1) is 18.3 Å². The monoisotopic (exact) mass is 614 g/mol. The van der Waals surface area contributed by atoms with E-state index < -0.39 is 0 Å². The Hall–Kier alpha value is -4.63. The largest absolute Gasteiger partial charge is 0.494 e. The fraction of sp³-hybridized carbons (Fsp3) is 0.378. The second kappa shape index (κ2) is 10.2. The van der Waals surface area contributed by atoms with Crippen molar-refractivity contribution in [3.05, 3.63) is 65.7 Å². The Morgan fingerprint density at radius 1 is 1.07 bits per heavy atom. The lowest BCUT2D eigenvalue weighted by atomic mass is 9.92. The first-order valence-electron chi connectivity index (χ1n) is 16.5. The SMILES string of the molecule is COc1cc(C(=O)N2CC3CCC2C3N)cc2nc(-c3cc4ccc(-c5cccc6c5CCC(=O)N6)cc4n3CC3CC3)n(C)c12. The zero-order valence-electron chi connectivity index (χ0n) is 26.3. The van der Waals surface area contributed by atoms with Crippen LogP contribution in [0.5, 0.6) is 5.75 Å². The van der Waals surface area contributed by atoms with Crippen molar-refractivity contribution in [2.24, 2.45) is 24.6 Å². The van der Waals surface area contributed by atoms with Crippen molar-refractivity contribution in [1.29, 1.82) is 0 Å². The minimum atomic E-state index is 0.00750. The predicted octanol–water partition coefficient (Wildman–Crippen LogP) is 5.73. The molecule has 4 aliphatic rings. The first-order valence-corrected chi connectivity index (χ1v) is 16.5. The minimum Gasteiger partial charge on any atom is -0.494 e. The van der Waals surface area contributed by atoms with Crippen LogP contribution in [0, 0.1) is 11.8 Å². The number of carbonyl (C=O) groups excluding carboxylic acids is 2. The number of carbonyl (C=O) groups is 2. The van der Waals surface area contributed by atoms with E-state index in [1.807, 2.05) is 36.2 Å². The molecule has 1 saturated heterocycles. The highest BCUT2D eigenvalue weighted by Crippen LogP contribution is 2.41. The molecule has 2 amide bonds. The maximum atomic E-state index is 13.8. The summed E-state index contributed by atoms with van der Waals surface area (Å²) >= 11 is 0. The lowest BCUT2D eigenvalue weighted by Gasteiger charge is -2.27. The van der Waals surface area contributed by atoms with Crippen LogP contribution in [0.15, 0.2) is 54.6 Å². The molecule has 2 aliphatic carbocycles. The number of hydrogen-bond donors (Lipinski definition) is 2. The summed E-state index contributed by atoms with van der Waals surface area (Å²) in [6.45, 7) is 1.65. The average Bonchev–Trinajstić information content (AvgIpc) is 3.47. The fourth-order valence-electron chi connectivity index (χ4n) is 8.32. The molecule has 9 rings (SSSR count). The van der Waals surface area contributed by atoms with Crippen LogP contribution in [0.25, 0.3) is 44.6 Å². The molecule has 9 heteroatoms. The van der Waals surface area contributed by atoms with Crippen LogP contribution in [0.4, 0.5) is 5.69 Å². The molecule has 0 radical (unpaired) electrons. The normalized spacial score (nSPS) is 22.1. The Morgan fingerprint density at radius 3 is 2.70 bits per heavy atom. The molecule has 46 heavy (non-hydrogen) atoms. The zero-order valence-corrected chi connectivity index (χ0v) is 26.3. The van der Waals surface area contributed by atoms with E-state index in [0.29, 0.717) is 29.6 Å². The van der Waals surface area contributed by atoms with Gasteiger partial charge in [0.25, 0.3) is 5.91 Å². The van der Waals surface area contributed by atoms with Crippen molar-refractivity contribution in [3.63, 3.8) is 0 Å².